The van der Waals surface area contributed by atoms with Gasteiger partial charge < -0.3 is 9.64 Å². The molecule has 0 unspecified atom stereocenters. The van der Waals surface area contributed by atoms with Crippen molar-refractivity contribution in [3.05, 3.63) is 96.2 Å². The number of amides is 1. The van der Waals surface area contributed by atoms with Crippen molar-refractivity contribution in [1.82, 2.24) is 14.7 Å². The fourth-order valence-corrected chi connectivity index (χ4v) is 4.63. The Bertz CT molecular complexity index is 1400. The number of carbonyl (C=O) groups excluding carboxylic acids is 1. The van der Waals surface area contributed by atoms with E-state index in [1.165, 1.54) is 6.42 Å². The lowest BCUT2D eigenvalue weighted by molar-refractivity contribution is 0.142. The van der Waals surface area contributed by atoms with Crippen LogP contribution in [0.3, 0.4) is 0 Å². The van der Waals surface area contributed by atoms with Gasteiger partial charge in [-0.25, -0.2) is 9.48 Å². The predicted molar refractivity (Wildman–Crippen MR) is 146 cm³/mol. The standard InChI is InChI=1S/C30H28ClN3O2/c1-21(2)27-20-29(34(32-27)28-12-5-4-11-26(28)31)23-15-13-22(14-16-23)24-9-8-10-25(19-24)36-30(35)33-17-6-3-7-18-33/h4-5,8-16,19-20H,1,3,6-7,17-18H2,2H3. The highest BCUT2D eigenvalue weighted by Crippen LogP contribution is 2.32. The zero-order valence-electron chi connectivity index (χ0n) is 20.3. The van der Waals surface area contributed by atoms with Gasteiger partial charge in [0.1, 0.15) is 5.75 Å². The topological polar surface area (TPSA) is 47.4 Å². The number of allylic oxidation sites excluding steroid dienone is 1. The number of rotatable bonds is 5. The molecule has 1 fully saturated rings. The van der Waals surface area contributed by atoms with Crippen molar-refractivity contribution in [2.24, 2.45) is 0 Å². The van der Waals surface area contributed by atoms with Gasteiger partial charge in [-0.15, -0.1) is 0 Å². The van der Waals surface area contributed by atoms with Gasteiger partial charge in [0.2, 0.25) is 0 Å². The number of para-hydroxylation sites is 1. The first-order chi connectivity index (χ1) is 17.5. The van der Waals surface area contributed by atoms with Crippen LogP contribution >= 0.6 is 11.6 Å². The second-order valence-electron chi connectivity index (χ2n) is 9.08. The molecule has 0 aliphatic carbocycles. The molecule has 5 nitrogen and oxygen atoms in total. The van der Waals surface area contributed by atoms with E-state index in [-0.39, 0.29) is 6.09 Å². The van der Waals surface area contributed by atoms with E-state index in [9.17, 15) is 4.79 Å². The molecule has 3 aromatic carbocycles. The van der Waals surface area contributed by atoms with Crippen molar-refractivity contribution in [3.63, 3.8) is 0 Å². The maximum absolute atomic E-state index is 12.5. The van der Waals surface area contributed by atoms with E-state index >= 15 is 0 Å². The number of aromatic nitrogens is 2. The summed E-state index contributed by atoms with van der Waals surface area (Å²) in [6.07, 6.45) is 2.96. The molecule has 0 N–H and O–H groups in total. The van der Waals surface area contributed by atoms with E-state index in [0.29, 0.717) is 10.8 Å². The van der Waals surface area contributed by atoms with E-state index < -0.39 is 0 Å². The molecule has 2 heterocycles. The van der Waals surface area contributed by atoms with Crippen molar-refractivity contribution in [2.45, 2.75) is 26.2 Å². The molecule has 6 heteroatoms. The van der Waals surface area contributed by atoms with E-state index in [0.717, 1.165) is 65.3 Å². The highest BCUT2D eigenvalue weighted by atomic mass is 35.5. The molecular weight excluding hydrogens is 470 g/mol. The van der Waals surface area contributed by atoms with Crippen LogP contribution in [0.25, 0.3) is 33.6 Å². The largest absolute Gasteiger partial charge is 0.415 e. The number of hydrogen-bond donors (Lipinski definition) is 0. The third kappa shape index (κ3) is 5.07. The monoisotopic (exact) mass is 497 g/mol. The first-order valence-corrected chi connectivity index (χ1v) is 12.6. The minimum absolute atomic E-state index is 0.275. The number of halogens is 1. The van der Waals surface area contributed by atoms with E-state index in [4.69, 9.17) is 21.4 Å². The van der Waals surface area contributed by atoms with Gasteiger partial charge in [-0.05, 0) is 73.2 Å². The zero-order valence-corrected chi connectivity index (χ0v) is 21.0. The molecule has 182 valence electrons. The summed E-state index contributed by atoms with van der Waals surface area (Å²) in [6, 6.07) is 25.6. The average molecular weight is 498 g/mol. The molecule has 1 aliphatic rings. The molecule has 0 saturated carbocycles. The van der Waals surface area contributed by atoms with Crippen LogP contribution in [0.4, 0.5) is 4.79 Å². The Labute approximate surface area is 216 Å². The number of nitrogens with zero attached hydrogens (tertiary/aromatic N) is 3. The Hall–Kier alpha value is -3.83. The average Bonchev–Trinajstić information content (AvgIpc) is 3.35. The molecule has 4 aromatic rings. The van der Waals surface area contributed by atoms with Crippen molar-refractivity contribution in [2.75, 3.05) is 13.1 Å². The normalized spacial score (nSPS) is 13.4. The maximum atomic E-state index is 12.5. The van der Waals surface area contributed by atoms with Crippen molar-refractivity contribution >= 4 is 23.3 Å². The fourth-order valence-electron chi connectivity index (χ4n) is 4.42. The van der Waals surface area contributed by atoms with Crippen molar-refractivity contribution in [3.8, 4) is 33.8 Å². The number of ether oxygens (including phenoxy) is 1. The highest BCUT2D eigenvalue weighted by molar-refractivity contribution is 6.32. The van der Waals surface area contributed by atoms with Crippen LogP contribution in [0.1, 0.15) is 31.9 Å². The minimum Gasteiger partial charge on any atom is -0.410 e. The third-order valence-electron chi connectivity index (χ3n) is 6.39. The zero-order chi connectivity index (χ0) is 25.1. The summed E-state index contributed by atoms with van der Waals surface area (Å²) >= 11 is 6.49. The Balaban J connectivity index is 1.41. The molecule has 1 aliphatic heterocycles. The number of piperidine rings is 1. The molecule has 0 spiro atoms. The number of carbonyl (C=O) groups is 1. The summed E-state index contributed by atoms with van der Waals surface area (Å²) in [6.45, 7) is 7.52. The Morgan fingerprint density at radius 3 is 2.33 bits per heavy atom. The quantitative estimate of drug-likeness (QED) is 0.282. The summed E-state index contributed by atoms with van der Waals surface area (Å²) in [5, 5.41) is 5.38. The van der Waals surface area contributed by atoms with Crippen LogP contribution in [0.2, 0.25) is 5.02 Å². The van der Waals surface area contributed by atoms with E-state index in [1.807, 2.05) is 66.2 Å². The summed E-state index contributed by atoms with van der Waals surface area (Å²) < 4.78 is 7.53. The molecular formula is C30H28ClN3O2. The second-order valence-corrected chi connectivity index (χ2v) is 9.49. The van der Waals surface area contributed by atoms with Crippen LogP contribution in [0.15, 0.2) is 85.4 Å². The molecule has 1 amide bonds. The van der Waals surface area contributed by atoms with Gasteiger partial charge in [-0.2, -0.15) is 5.10 Å². The molecule has 36 heavy (non-hydrogen) atoms. The molecule has 5 rings (SSSR count). The first kappa shape index (κ1) is 23.9. The van der Waals surface area contributed by atoms with Gasteiger partial charge in [0.15, 0.2) is 0 Å². The van der Waals surface area contributed by atoms with Gasteiger partial charge in [0.05, 0.1) is 22.1 Å². The Kier molecular flexibility index (Phi) is 6.92. The summed E-state index contributed by atoms with van der Waals surface area (Å²) in [7, 11) is 0. The molecule has 1 saturated heterocycles. The fraction of sp³-hybridized carbons (Fsp3) is 0.200. The van der Waals surface area contributed by atoms with Crippen LogP contribution in [-0.2, 0) is 0 Å². The van der Waals surface area contributed by atoms with Crippen LogP contribution in [-0.4, -0.2) is 33.9 Å². The lowest BCUT2D eigenvalue weighted by Crippen LogP contribution is -2.37. The molecule has 0 radical (unpaired) electrons. The SMILES string of the molecule is C=C(C)c1cc(-c2ccc(-c3cccc(OC(=O)N4CCCCC4)c3)cc2)n(-c2ccccc2Cl)n1. The van der Waals surface area contributed by atoms with Gasteiger partial charge in [0.25, 0.3) is 0 Å². The van der Waals surface area contributed by atoms with Gasteiger partial charge in [0, 0.05) is 18.7 Å². The van der Waals surface area contributed by atoms with Gasteiger partial charge >= 0.3 is 6.09 Å². The molecule has 0 bridgehead atoms. The number of hydrogen-bond acceptors (Lipinski definition) is 3. The van der Waals surface area contributed by atoms with Crippen molar-refractivity contribution in [1.29, 1.82) is 0 Å². The second kappa shape index (κ2) is 10.4. The lowest BCUT2D eigenvalue weighted by Gasteiger charge is -2.25. The Morgan fingerprint density at radius 1 is 0.889 bits per heavy atom. The van der Waals surface area contributed by atoms with E-state index in [1.54, 1.807) is 4.90 Å². The molecule has 1 aromatic heterocycles. The van der Waals surface area contributed by atoms with Crippen LogP contribution in [0.5, 0.6) is 5.75 Å². The Morgan fingerprint density at radius 2 is 1.61 bits per heavy atom. The number of benzene rings is 3. The van der Waals surface area contributed by atoms with Crippen molar-refractivity contribution < 1.29 is 9.53 Å². The summed E-state index contributed by atoms with van der Waals surface area (Å²) in [5.41, 5.74) is 6.45. The smallest absolute Gasteiger partial charge is 0.410 e. The van der Waals surface area contributed by atoms with Gasteiger partial charge in [-0.1, -0.05) is 66.7 Å². The highest BCUT2D eigenvalue weighted by Gasteiger charge is 2.19. The summed E-state index contributed by atoms with van der Waals surface area (Å²) in [4.78, 5) is 14.3. The predicted octanol–water partition coefficient (Wildman–Crippen LogP) is 7.88. The van der Waals surface area contributed by atoms with Gasteiger partial charge in [-0.3, -0.25) is 0 Å². The maximum Gasteiger partial charge on any atom is 0.415 e. The third-order valence-corrected chi connectivity index (χ3v) is 6.71. The van der Waals surface area contributed by atoms with E-state index in [2.05, 4.69) is 30.8 Å². The minimum atomic E-state index is -0.275. The molecule has 0 atom stereocenters. The lowest BCUT2D eigenvalue weighted by atomic mass is 10.0. The summed E-state index contributed by atoms with van der Waals surface area (Å²) in [5.74, 6) is 0.551. The van der Waals surface area contributed by atoms with Crippen LogP contribution in [0, 0.1) is 0 Å². The van der Waals surface area contributed by atoms with Crippen LogP contribution < -0.4 is 4.74 Å². The first-order valence-electron chi connectivity index (χ1n) is 12.2. The number of likely N-dealkylation sites (tertiary alicyclic amines) is 1.